The molecule has 2 rings (SSSR count). The molecule has 4 heteroatoms. The Kier molecular flexibility index (Phi) is 5.99. The maximum atomic E-state index is 12.1. The predicted molar refractivity (Wildman–Crippen MR) is 85.8 cm³/mol. The molecule has 1 aliphatic carbocycles. The van der Waals surface area contributed by atoms with E-state index in [1.807, 2.05) is 19.1 Å². The Morgan fingerprint density at radius 2 is 1.82 bits per heavy atom. The van der Waals surface area contributed by atoms with Crippen molar-refractivity contribution < 1.29 is 14.3 Å². The van der Waals surface area contributed by atoms with Crippen LogP contribution in [0.15, 0.2) is 24.3 Å². The van der Waals surface area contributed by atoms with Crippen molar-refractivity contribution in [2.75, 3.05) is 7.11 Å². The van der Waals surface area contributed by atoms with Gasteiger partial charge in [-0.2, -0.15) is 0 Å². The molecule has 1 aromatic rings. The molecule has 4 nitrogen and oxygen atoms in total. The summed E-state index contributed by atoms with van der Waals surface area (Å²) < 4.78 is 4.68. The number of ether oxygens (including phenoxy) is 1. The van der Waals surface area contributed by atoms with Gasteiger partial charge in [-0.25, -0.2) is 4.79 Å². The predicted octanol–water partition coefficient (Wildman–Crippen LogP) is 3.42. The fourth-order valence-corrected chi connectivity index (χ4v) is 3.00. The molecule has 0 spiro atoms. The van der Waals surface area contributed by atoms with E-state index in [0.717, 1.165) is 18.4 Å². The number of hydrogen-bond acceptors (Lipinski definition) is 3. The molecule has 0 bridgehead atoms. The van der Waals surface area contributed by atoms with Crippen LogP contribution in [-0.4, -0.2) is 25.0 Å². The second-order valence-corrected chi connectivity index (χ2v) is 6.12. The van der Waals surface area contributed by atoms with Crippen molar-refractivity contribution in [1.82, 2.24) is 5.32 Å². The molecule has 1 amide bonds. The first kappa shape index (κ1) is 16.5. The smallest absolute Gasteiger partial charge is 0.337 e. The van der Waals surface area contributed by atoms with Gasteiger partial charge in [0, 0.05) is 12.5 Å². The van der Waals surface area contributed by atoms with E-state index in [1.165, 1.54) is 26.4 Å². The maximum absolute atomic E-state index is 12.1. The van der Waals surface area contributed by atoms with Crippen molar-refractivity contribution in [3.63, 3.8) is 0 Å². The lowest BCUT2D eigenvalue weighted by Crippen LogP contribution is -2.36. The van der Waals surface area contributed by atoms with Gasteiger partial charge in [-0.05, 0) is 36.5 Å². The highest BCUT2D eigenvalue weighted by molar-refractivity contribution is 5.89. The first-order valence-electron chi connectivity index (χ1n) is 8.07. The molecule has 120 valence electrons. The van der Waals surface area contributed by atoms with Gasteiger partial charge in [0.05, 0.1) is 12.7 Å². The summed E-state index contributed by atoms with van der Waals surface area (Å²) in [6.07, 6.45) is 6.41. The normalized spacial score (nSPS) is 16.8. The lowest BCUT2D eigenvalue weighted by Gasteiger charge is -2.23. The van der Waals surface area contributed by atoms with Crippen LogP contribution in [0, 0.1) is 0 Å². The van der Waals surface area contributed by atoms with Crippen LogP contribution in [0.4, 0.5) is 0 Å². The molecule has 22 heavy (non-hydrogen) atoms. The van der Waals surface area contributed by atoms with E-state index in [4.69, 9.17) is 0 Å². The minimum Gasteiger partial charge on any atom is -0.465 e. The zero-order chi connectivity index (χ0) is 15.9. The first-order chi connectivity index (χ1) is 10.6. The van der Waals surface area contributed by atoms with Crippen LogP contribution < -0.4 is 5.32 Å². The van der Waals surface area contributed by atoms with Crippen molar-refractivity contribution in [2.45, 2.75) is 57.4 Å². The highest BCUT2D eigenvalue weighted by atomic mass is 16.5. The van der Waals surface area contributed by atoms with Gasteiger partial charge in [0.1, 0.15) is 0 Å². The first-order valence-corrected chi connectivity index (χ1v) is 8.07. The molecule has 0 saturated heterocycles. The largest absolute Gasteiger partial charge is 0.465 e. The van der Waals surface area contributed by atoms with Crippen LogP contribution >= 0.6 is 0 Å². The fraction of sp³-hybridized carbons (Fsp3) is 0.556. The lowest BCUT2D eigenvalue weighted by atomic mass is 9.94. The Labute approximate surface area is 132 Å². The number of hydrogen-bond donors (Lipinski definition) is 1. The Bertz CT molecular complexity index is 504. The summed E-state index contributed by atoms with van der Waals surface area (Å²) in [4.78, 5) is 23.5. The van der Waals surface area contributed by atoms with E-state index < -0.39 is 0 Å². The third-order valence-corrected chi connectivity index (χ3v) is 4.36. The highest BCUT2D eigenvalue weighted by Crippen LogP contribution is 2.21. The molecule has 1 aromatic carbocycles. The molecule has 0 unspecified atom stereocenters. The number of nitrogens with one attached hydrogen (secondary N) is 1. The number of esters is 1. The van der Waals surface area contributed by atoms with Crippen molar-refractivity contribution in [1.29, 1.82) is 0 Å². The monoisotopic (exact) mass is 303 g/mol. The van der Waals surface area contributed by atoms with Crippen LogP contribution in [-0.2, 0) is 9.53 Å². The molecule has 1 fully saturated rings. The van der Waals surface area contributed by atoms with Crippen molar-refractivity contribution in [3.8, 4) is 0 Å². The molecule has 0 radical (unpaired) electrons. The Morgan fingerprint density at radius 1 is 1.18 bits per heavy atom. The minimum atomic E-state index is -0.339. The number of methoxy groups -OCH3 is 1. The number of benzene rings is 1. The van der Waals surface area contributed by atoms with Crippen molar-refractivity contribution >= 4 is 11.9 Å². The van der Waals surface area contributed by atoms with Crippen LogP contribution in [0.1, 0.15) is 67.3 Å². The summed E-state index contributed by atoms with van der Waals surface area (Å²) in [5.41, 5.74) is 1.59. The average molecular weight is 303 g/mol. The molecule has 0 aromatic heterocycles. The van der Waals surface area contributed by atoms with Gasteiger partial charge in [0.25, 0.3) is 0 Å². The summed E-state index contributed by atoms with van der Waals surface area (Å²) in [6, 6.07) is 7.64. The number of carbonyl (C=O) groups excluding carboxylic acids is 2. The van der Waals surface area contributed by atoms with Crippen LogP contribution in [0.3, 0.4) is 0 Å². The summed E-state index contributed by atoms with van der Waals surface area (Å²) >= 11 is 0. The van der Waals surface area contributed by atoms with E-state index >= 15 is 0 Å². The lowest BCUT2D eigenvalue weighted by molar-refractivity contribution is -0.122. The molecular weight excluding hydrogens is 278 g/mol. The molecule has 0 heterocycles. The molecule has 1 atom stereocenters. The van der Waals surface area contributed by atoms with Gasteiger partial charge in [-0.15, -0.1) is 0 Å². The standard InChI is InChI=1S/C18H25NO3/c1-13(12-17(20)19-16-6-4-3-5-7-16)14-8-10-15(11-9-14)18(21)22-2/h8-11,13,16H,3-7,12H2,1-2H3,(H,19,20)/t13-/m0/s1. The number of rotatable bonds is 5. The Balaban J connectivity index is 1.86. The van der Waals surface area contributed by atoms with Gasteiger partial charge in [-0.3, -0.25) is 4.79 Å². The maximum Gasteiger partial charge on any atom is 0.337 e. The van der Waals surface area contributed by atoms with Crippen LogP contribution in [0.5, 0.6) is 0 Å². The molecular formula is C18H25NO3. The number of carbonyl (C=O) groups is 2. The van der Waals surface area contributed by atoms with E-state index in [0.29, 0.717) is 18.0 Å². The van der Waals surface area contributed by atoms with Gasteiger partial charge >= 0.3 is 5.97 Å². The van der Waals surface area contributed by atoms with Gasteiger partial charge in [0.15, 0.2) is 0 Å². The second-order valence-electron chi connectivity index (χ2n) is 6.12. The third kappa shape index (κ3) is 4.58. The Hall–Kier alpha value is -1.84. The molecule has 1 saturated carbocycles. The van der Waals surface area contributed by atoms with Gasteiger partial charge in [0.2, 0.25) is 5.91 Å². The second kappa shape index (κ2) is 7.97. The topological polar surface area (TPSA) is 55.4 Å². The molecule has 0 aliphatic heterocycles. The molecule has 1 N–H and O–H groups in total. The van der Waals surface area contributed by atoms with E-state index in [2.05, 4.69) is 10.1 Å². The fourth-order valence-electron chi connectivity index (χ4n) is 3.00. The van der Waals surface area contributed by atoms with Crippen molar-refractivity contribution in [3.05, 3.63) is 35.4 Å². The van der Waals surface area contributed by atoms with Gasteiger partial charge in [-0.1, -0.05) is 38.3 Å². The van der Waals surface area contributed by atoms with E-state index in [-0.39, 0.29) is 17.8 Å². The quantitative estimate of drug-likeness (QED) is 0.848. The Morgan fingerprint density at radius 3 is 2.41 bits per heavy atom. The summed E-state index contributed by atoms with van der Waals surface area (Å²) in [5.74, 6) is -0.0824. The van der Waals surface area contributed by atoms with Crippen LogP contribution in [0.25, 0.3) is 0 Å². The summed E-state index contributed by atoms with van der Waals surface area (Å²) in [6.45, 7) is 2.04. The number of amides is 1. The van der Waals surface area contributed by atoms with E-state index in [9.17, 15) is 9.59 Å². The zero-order valence-electron chi connectivity index (χ0n) is 13.4. The van der Waals surface area contributed by atoms with Crippen molar-refractivity contribution in [2.24, 2.45) is 0 Å². The van der Waals surface area contributed by atoms with E-state index in [1.54, 1.807) is 12.1 Å². The highest BCUT2D eigenvalue weighted by Gasteiger charge is 2.18. The SMILES string of the molecule is COC(=O)c1ccc([C@@H](C)CC(=O)NC2CCCCC2)cc1. The summed E-state index contributed by atoms with van der Waals surface area (Å²) in [7, 11) is 1.37. The molecule has 1 aliphatic rings. The minimum absolute atomic E-state index is 0.122. The average Bonchev–Trinajstić information content (AvgIpc) is 2.55. The zero-order valence-corrected chi connectivity index (χ0v) is 13.4. The summed E-state index contributed by atoms with van der Waals surface area (Å²) in [5, 5.41) is 3.15. The third-order valence-electron chi connectivity index (χ3n) is 4.36. The van der Waals surface area contributed by atoms with Gasteiger partial charge < -0.3 is 10.1 Å². The van der Waals surface area contributed by atoms with Crippen LogP contribution in [0.2, 0.25) is 0 Å².